The molecule has 0 unspecified atom stereocenters. The Balaban J connectivity index is 1.70. The van der Waals surface area contributed by atoms with Crippen LogP contribution in [0.15, 0.2) is 12.4 Å². The predicted octanol–water partition coefficient (Wildman–Crippen LogP) is 1.61. The van der Waals surface area contributed by atoms with Gasteiger partial charge in [0, 0.05) is 25.2 Å². The molecule has 1 saturated heterocycles. The van der Waals surface area contributed by atoms with Gasteiger partial charge >= 0.3 is 0 Å². The van der Waals surface area contributed by atoms with Crippen LogP contribution in [0.5, 0.6) is 0 Å². The van der Waals surface area contributed by atoms with Crippen molar-refractivity contribution in [2.75, 3.05) is 18.0 Å². The first-order chi connectivity index (χ1) is 9.22. The molecular formula is C14H20N4O. The Morgan fingerprint density at radius 1 is 1.26 bits per heavy atom. The van der Waals surface area contributed by atoms with Gasteiger partial charge in [-0.05, 0) is 31.6 Å². The molecule has 0 spiro atoms. The van der Waals surface area contributed by atoms with Crippen LogP contribution in [-0.2, 0) is 0 Å². The molecule has 5 heteroatoms. The molecule has 102 valence electrons. The Labute approximate surface area is 113 Å². The number of piperidine rings is 1. The van der Waals surface area contributed by atoms with E-state index < -0.39 is 0 Å². The van der Waals surface area contributed by atoms with Crippen LogP contribution in [0.3, 0.4) is 0 Å². The summed E-state index contributed by atoms with van der Waals surface area (Å²) in [4.78, 5) is 22.6. The lowest BCUT2D eigenvalue weighted by atomic mass is 9.99. The summed E-state index contributed by atoms with van der Waals surface area (Å²) in [7, 11) is 0. The van der Waals surface area contributed by atoms with Gasteiger partial charge in [0.05, 0.1) is 0 Å². The van der Waals surface area contributed by atoms with Crippen LogP contribution < -0.4 is 10.2 Å². The lowest BCUT2D eigenvalue weighted by molar-refractivity contribution is 0.0946. The molecule has 1 aromatic heterocycles. The fourth-order valence-corrected chi connectivity index (χ4v) is 2.37. The second-order valence-electron chi connectivity index (χ2n) is 5.68. The van der Waals surface area contributed by atoms with Crippen LogP contribution in [0.4, 0.5) is 5.82 Å². The molecule has 0 aromatic carbocycles. The minimum atomic E-state index is -0.0727. The SMILES string of the molecule is CC1CCN(c2cc(C(=O)NC3CC3)ncn2)CC1. The van der Waals surface area contributed by atoms with Crippen molar-refractivity contribution in [3.63, 3.8) is 0 Å². The van der Waals surface area contributed by atoms with Crippen molar-refractivity contribution in [3.05, 3.63) is 18.1 Å². The third-order valence-corrected chi connectivity index (χ3v) is 3.91. The van der Waals surface area contributed by atoms with Gasteiger partial charge in [0.2, 0.25) is 0 Å². The Hall–Kier alpha value is -1.65. The lowest BCUT2D eigenvalue weighted by Crippen LogP contribution is -2.34. The van der Waals surface area contributed by atoms with Gasteiger partial charge in [-0.1, -0.05) is 6.92 Å². The van der Waals surface area contributed by atoms with Crippen molar-refractivity contribution < 1.29 is 4.79 Å². The van der Waals surface area contributed by atoms with E-state index in [-0.39, 0.29) is 5.91 Å². The van der Waals surface area contributed by atoms with Crippen LogP contribution in [0, 0.1) is 5.92 Å². The molecule has 1 aliphatic heterocycles. The highest BCUT2D eigenvalue weighted by atomic mass is 16.2. The fraction of sp³-hybridized carbons (Fsp3) is 0.643. The van der Waals surface area contributed by atoms with Crippen molar-refractivity contribution in [1.82, 2.24) is 15.3 Å². The van der Waals surface area contributed by atoms with Crippen molar-refractivity contribution >= 4 is 11.7 Å². The third-order valence-electron chi connectivity index (χ3n) is 3.91. The fourth-order valence-electron chi connectivity index (χ4n) is 2.37. The maximum atomic E-state index is 12.0. The van der Waals surface area contributed by atoms with Crippen LogP contribution in [0.2, 0.25) is 0 Å². The Morgan fingerprint density at radius 2 is 2.00 bits per heavy atom. The summed E-state index contributed by atoms with van der Waals surface area (Å²) in [6.45, 7) is 4.32. The molecule has 1 amide bonds. The van der Waals surface area contributed by atoms with Gasteiger partial charge in [-0.15, -0.1) is 0 Å². The number of hydrogen-bond acceptors (Lipinski definition) is 4. The molecule has 2 fully saturated rings. The first-order valence-electron chi connectivity index (χ1n) is 7.10. The molecule has 19 heavy (non-hydrogen) atoms. The molecular weight excluding hydrogens is 240 g/mol. The molecule has 1 aromatic rings. The average Bonchev–Trinajstić information content (AvgIpc) is 3.24. The number of aromatic nitrogens is 2. The highest BCUT2D eigenvalue weighted by molar-refractivity contribution is 5.93. The van der Waals surface area contributed by atoms with Crippen LogP contribution >= 0.6 is 0 Å². The van der Waals surface area contributed by atoms with Crippen LogP contribution in [-0.4, -0.2) is 35.0 Å². The van der Waals surface area contributed by atoms with E-state index in [1.807, 2.05) is 6.07 Å². The maximum Gasteiger partial charge on any atom is 0.270 e. The van der Waals surface area contributed by atoms with Gasteiger partial charge in [-0.2, -0.15) is 0 Å². The highest BCUT2D eigenvalue weighted by Crippen LogP contribution is 2.22. The third kappa shape index (κ3) is 3.03. The first kappa shape index (κ1) is 12.4. The largest absolute Gasteiger partial charge is 0.356 e. The molecule has 2 heterocycles. The predicted molar refractivity (Wildman–Crippen MR) is 73.1 cm³/mol. The number of carbonyl (C=O) groups is 1. The molecule has 1 N–H and O–H groups in total. The Morgan fingerprint density at radius 3 is 2.68 bits per heavy atom. The summed E-state index contributed by atoms with van der Waals surface area (Å²) in [5, 5.41) is 2.96. The number of nitrogens with zero attached hydrogens (tertiary/aromatic N) is 3. The normalized spacial score (nSPS) is 20.4. The number of rotatable bonds is 3. The van der Waals surface area contributed by atoms with E-state index in [1.54, 1.807) is 0 Å². The number of anilines is 1. The monoisotopic (exact) mass is 260 g/mol. The standard InChI is InChI=1S/C14H20N4O/c1-10-4-6-18(7-5-10)13-8-12(15-9-16-13)14(19)17-11-2-3-11/h8-11H,2-7H2,1H3,(H,17,19). The van der Waals surface area contributed by atoms with Gasteiger partial charge in [0.25, 0.3) is 5.91 Å². The van der Waals surface area contributed by atoms with Gasteiger partial charge in [-0.3, -0.25) is 4.79 Å². The summed E-state index contributed by atoms with van der Waals surface area (Å²) in [5.74, 6) is 1.59. The van der Waals surface area contributed by atoms with Crippen molar-refractivity contribution in [1.29, 1.82) is 0 Å². The topological polar surface area (TPSA) is 58.1 Å². The van der Waals surface area contributed by atoms with Gasteiger partial charge < -0.3 is 10.2 Å². The molecule has 5 nitrogen and oxygen atoms in total. The molecule has 1 saturated carbocycles. The lowest BCUT2D eigenvalue weighted by Gasteiger charge is -2.31. The van der Waals surface area contributed by atoms with E-state index in [4.69, 9.17) is 0 Å². The van der Waals surface area contributed by atoms with E-state index in [2.05, 4.69) is 27.1 Å². The van der Waals surface area contributed by atoms with Gasteiger partial charge in [0.15, 0.2) is 0 Å². The molecule has 1 aliphatic carbocycles. The summed E-state index contributed by atoms with van der Waals surface area (Å²) >= 11 is 0. The quantitative estimate of drug-likeness (QED) is 0.897. The zero-order valence-corrected chi connectivity index (χ0v) is 11.3. The zero-order valence-electron chi connectivity index (χ0n) is 11.3. The van der Waals surface area contributed by atoms with E-state index in [1.165, 1.54) is 19.2 Å². The molecule has 3 rings (SSSR count). The summed E-state index contributed by atoms with van der Waals surface area (Å²) in [6, 6.07) is 2.18. The van der Waals surface area contributed by atoms with Crippen LogP contribution in [0.1, 0.15) is 43.1 Å². The first-order valence-corrected chi connectivity index (χ1v) is 7.10. The summed E-state index contributed by atoms with van der Waals surface area (Å²) in [5.41, 5.74) is 0.482. The smallest absolute Gasteiger partial charge is 0.270 e. The van der Waals surface area contributed by atoms with E-state index in [0.29, 0.717) is 11.7 Å². The van der Waals surface area contributed by atoms with Gasteiger partial charge in [-0.25, -0.2) is 9.97 Å². The summed E-state index contributed by atoms with van der Waals surface area (Å²) < 4.78 is 0. The van der Waals surface area contributed by atoms with Crippen molar-refractivity contribution in [2.24, 2.45) is 5.92 Å². The molecule has 0 bridgehead atoms. The van der Waals surface area contributed by atoms with Crippen molar-refractivity contribution in [2.45, 2.75) is 38.6 Å². The summed E-state index contributed by atoms with van der Waals surface area (Å²) in [6.07, 6.45) is 6.05. The highest BCUT2D eigenvalue weighted by Gasteiger charge is 2.25. The maximum absolute atomic E-state index is 12.0. The molecule has 0 atom stereocenters. The number of carbonyl (C=O) groups excluding carboxylic acids is 1. The number of hydrogen-bond donors (Lipinski definition) is 1. The minimum absolute atomic E-state index is 0.0727. The van der Waals surface area contributed by atoms with E-state index in [9.17, 15) is 4.79 Å². The number of amides is 1. The van der Waals surface area contributed by atoms with E-state index in [0.717, 1.165) is 37.7 Å². The molecule has 2 aliphatic rings. The minimum Gasteiger partial charge on any atom is -0.356 e. The Kier molecular flexibility index (Phi) is 3.36. The second kappa shape index (κ2) is 5.15. The average molecular weight is 260 g/mol. The molecule has 0 radical (unpaired) electrons. The second-order valence-corrected chi connectivity index (χ2v) is 5.68. The number of nitrogens with one attached hydrogen (secondary N) is 1. The van der Waals surface area contributed by atoms with Gasteiger partial charge in [0.1, 0.15) is 17.8 Å². The zero-order chi connectivity index (χ0) is 13.2. The Bertz CT molecular complexity index is 464. The van der Waals surface area contributed by atoms with E-state index >= 15 is 0 Å². The van der Waals surface area contributed by atoms with Crippen molar-refractivity contribution in [3.8, 4) is 0 Å². The van der Waals surface area contributed by atoms with Crippen LogP contribution in [0.25, 0.3) is 0 Å².